The van der Waals surface area contributed by atoms with Crippen molar-refractivity contribution in [3.8, 4) is 0 Å². The van der Waals surface area contributed by atoms with Crippen molar-refractivity contribution < 1.29 is 4.74 Å². The quantitative estimate of drug-likeness (QED) is 0.690. The zero-order chi connectivity index (χ0) is 10.6. The summed E-state index contributed by atoms with van der Waals surface area (Å²) in [5.41, 5.74) is 0.634. The predicted molar refractivity (Wildman–Crippen MR) is 61.6 cm³/mol. The van der Waals surface area contributed by atoms with Gasteiger partial charge in [-0.1, -0.05) is 26.7 Å². The molecule has 3 aliphatic rings. The van der Waals surface area contributed by atoms with Gasteiger partial charge in [-0.15, -0.1) is 0 Å². The molecule has 3 fully saturated rings. The highest BCUT2D eigenvalue weighted by Crippen LogP contribution is 2.66. The lowest BCUT2D eigenvalue weighted by Gasteiger charge is -2.45. The molecule has 0 bridgehead atoms. The van der Waals surface area contributed by atoms with E-state index in [-0.39, 0.29) is 0 Å². The van der Waals surface area contributed by atoms with Crippen LogP contribution in [0.3, 0.4) is 0 Å². The van der Waals surface area contributed by atoms with Gasteiger partial charge in [0.05, 0.1) is 6.10 Å². The van der Waals surface area contributed by atoms with Gasteiger partial charge in [0.15, 0.2) is 0 Å². The first-order valence-corrected chi connectivity index (χ1v) is 6.70. The second-order valence-electron chi connectivity index (χ2n) is 6.49. The molecule has 3 saturated carbocycles. The van der Waals surface area contributed by atoms with E-state index in [9.17, 15) is 0 Å². The van der Waals surface area contributed by atoms with Crippen LogP contribution in [-0.2, 0) is 4.74 Å². The summed E-state index contributed by atoms with van der Waals surface area (Å²) in [5, 5.41) is 0. The van der Waals surface area contributed by atoms with Crippen LogP contribution >= 0.6 is 0 Å². The van der Waals surface area contributed by atoms with Gasteiger partial charge in [0.2, 0.25) is 0 Å². The molecular formula is C14H24O. The lowest BCUT2D eigenvalue weighted by Crippen LogP contribution is -2.45. The maximum Gasteiger partial charge on any atom is 0.0636 e. The third kappa shape index (κ3) is 1.32. The van der Waals surface area contributed by atoms with Crippen molar-refractivity contribution in [2.45, 2.75) is 52.1 Å². The van der Waals surface area contributed by atoms with Crippen LogP contribution in [0, 0.1) is 29.1 Å². The van der Waals surface area contributed by atoms with E-state index in [2.05, 4.69) is 13.8 Å². The van der Waals surface area contributed by atoms with Crippen molar-refractivity contribution in [3.05, 3.63) is 0 Å². The van der Waals surface area contributed by atoms with E-state index in [0.29, 0.717) is 11.5 Å². The van der Waals surface area contributed by atoms with E-state index in [4.69, 9.17) is 4.74 Å². The Labute approximate surface area is 93.6 Å². The molecule has 0 radical (unpaired) electrons. The smallest absolute Gasteiger partial charge is 0.0636 e. The molecular weight excluding hydrogens is 184 g/mol. The summed E-state index contributed by atoms with van der Waals surface area (Å²) in [6, 6.07) is 0. The lowest BCUT2D eigenvalue weighted by molar-refractivity contribution is -0.0767. The van der Waals surface area contributed by atoms with E-state index in [1.165, 1.54) is 32.1 Å². The molecule has 5 atom stereocenters. The lowest BCUT2D eigenvalue weighted by atomic mass is 9.62. The van der Waals surface area contributed by atoms with E-state index in [1.54, 1.807) is 0 Å². The van der Waals surface area contributed by atoms with Crippen molar-refractivity contribution in [2.75, 3.05) is 7.11 Å². The van der Waals surface area contributed by atoms with E-state index in [1.807, 2.05) is 7.11 Å². The van der Waals surface area contributed by atoms with Gasteiger partial charge >= 0.3 is 0 Å². The molecule has 0 N–H and O–H groups in total. The van der Waals surface area contributed by atoms with Crippen LogP contribution in [-0.4, -0.2) is 13.2 Å². The molecule has 0 spiro atoms. The minimum atomic E-state index is 0.613. The maximum atomic E-state index is 5.68. The molecule has 1 nitrogen and oxygen atoms in total. The van der Waals surface area contributed by atoms with Crippen molar-refractivity contribution in [2.24, 2.45) is 29.1 Å². The van der Waals surface area contributed by atoms with Crippen molar-refractivity contribution in [3.63, 3.8) is 0 Å². The molecule has 5 unspecified atom stereocenters. The summed E-state index contributed by atoms with van der Waals surface area (Å²) in [4.78, 5) is 0. The van der Waals surface area contributed by atoms with E-state index >= 15 is 0 Å². The Morgan fingerprint density at radius 3 is 2.47 bits per heavy atom. The summed E-state index contributed by atoms with van der Waals surface area (Å²) in [7, 11) is 1.91. The molecule has 86 valence electrons. The van der Waals surface area contributed by atoms with Crippen LogP contribution in [0.4, 0.5) is 0 Å². The first-order valence-electron chi connectivity index (χ1n) is 6.70. The summed E-state index contributed by atoms with van der Waals surface area (Å²) in [6.45, 7) is 5.02. The zero-order valence-electron chi connectivity index (χ0n) is 10.3. The topological polar surface area (TPSA) is 9.23 Å². The molecule has 0 heterocycles. The predicted octanol–water partition coefficient (Wildman–Crippen LogP) is 3.48. The number of hydrogen-bond acceptors (Lipinski definition) is 1. The fraction of sp³-hybridized carbons (Fsp3) is 1.00. The molecule has 3 rings (SSSR count). The molecule has 1 heteroatoms. The highest BCUT2D eigenvalue weighted by atomic mass is 16.5. The number of fused-ring (bicyclic) bond motifs is 1. The average molecular weight is 208 g/mol. The molecule has 0 amide bonds. The Kier molecular flexibility index (Phi) is 2.18. The molecule has 0 aromatic rings. The van der Waals surface area contributed by atoms with Crippen molar-refractivity contribution in [1.82, 2.24) is 0 Å². The average Bonchev–Trinajstić information content (AvgIpc) is 2.71. The third-order valence-corrected chi connectivity index (χ3v) is 5.88. The second-order valence-corrected chi connectivity index (χ2v) is 6.49. The Morgan fingerprint density at radius 1 is 1.20 bits per heavy atom. The highest BCUT2D eigenvalue weighted by Gasteiger charge is 2.64. The number of rotatable bonds is 3. The van der Waals surface area contributed by atoms with Crippen LogP contribution in [0.25, 0.3) is 0 Å². The van der Waals surface area contributed by atoms with Gasteiger partial charge in [-0.2, -0.15) is 0 Å². The highest BCUT2D eigenvalue weighted by molar-refractivity contribution is 5.13. The SMILES string of the molecule is COC1C2CC2C1C(C)C1(C)CCCC1. The number of ether oxygens (including phenoxy) is 1. The molecule has 15 heavy (non-hydrogen) atoms. The largest absolute Gasteiger partial charge is 0.381 e. The van der Waals surface area contributed by atoms with E-state index < -0.39 is 0 Å². The summed E-state index contributed by atoms with van der Waals surface area (Å²) in [6.07, 6.45) is 7.90. The Balaban J connectivity index is 1.71. The Hall–Kier alpha value is -0.0400. The molecule has 0 saturated heterocycles. The van der Waals surface area contributed by atoms with Gasteiger partial charge < -0.3 is 4.74 Å². The maximum absolute atomic E-state index is 5.68. The third-order valence-electron chi connectivity index (χ3n) is 5.88. The van der Waals surface area contributed by atoms with Crippen molar-refractivity contribution in [1.29, 1.82) is 0 Å². The van der Waals surface area contributed by atoms with Gasteiger partial charge in [-0.3, -0.25) is 0 Å². The Bertz CT molecular complexity index is 254. The van der Waals surface area contributed by atoms with Crippen molar-refractivity contribution >= 4 is 0 Å². The van der Waals surface area contributed by atoms with Crippen LogP contribution in [0.5, 0.6) is 0 Å². The van der Waals surface area contributed by atoms with Gasteiger partial charge in [0, 0.05) is 7.11 Å². The first kappa shape index (κ1) is 10.1. The monoisotopic (exact) mass is 208 g/mol. The van der Waals surface area contributed by atoms with Gasteiger partial charge in [-0.25, -0.2) is 0 Å². The molecule has 3 aliphatic carbocycles. The van der Waals surface area contributed by atoms with Gasteiger partial charge in [0.1, 0.15) is 0 Å². The van der Waals surface area contributed by atoms with Crippen LogP contribution in [0.15, 0.2) is 0 Å². The molecule has 0 aromatic carbocycles. The first-order chi connectivity index (χ1) is 7.17. The summed E-state index contributed by atoms with van der Waals surface area (Å²) < 4.78 is 5.68. The fourth-order valence-corrected chi connectivity index (χ4v) is 4.53. The second kappa shape index (κ2) is 3.23. The Morgan fingerprint density at radius 2 is 1.87 bits per heavy atom. The van der Waals surface area contributed by atoms with Crippen LogP contribution in [0.2, 0.25) is 0 Å². The van der Waals surface area contributed by atoms with E-state index in [0.717, 1.165) is 23.7 Å². The standard InChI is InChI=1S/C14H24O/c1-9(14(2)6-4-5-7-14)12-10-8-11(10)13(12)15-3/h9-13H,4-8H2,1-3H3. The van der Waals surface area contributed by atoms with Gasteiger partial charge in [0.25, 0.3) is 0 Å². The minimum absolute atomic E-state index is 0.613. The van der Waals surface area contributed by atoms with Gasteiger partial charge in [-0.05, 0) is 48.3 Å². The summed E-state index contributed by atoms with van der Waals surface area (Å²) >= 11 is 0. The zero-order valence-corrected chi connectivity index (χ0v) is 10.3. The van der Waals surface area contributed by atoms with Crippen LogP contribution in [0.1, 0.15) is 46.0 Å². The summed E-state index contributed by atoms with van der Waals surface area (Å²) in [5.74, 6) is 3.77. The fourth-order valence-electron chi connectivity index (χ4n) is 4.53. The number of methoxy groups -OCH3 is 1. The molecule has 0 aliphatic heterocycles. The number of hydrogen-bond donors (Lipinski definition) is 0. The van der Waals surface area contributed by atoms with Crippen LogP contribution < -0.4 is 0 Å². The minimum Gasteiger partial charge on any atom is -0.381 e. The normalized spacial score (nSPS) is 48.2. The molecule has 0 aromatic heterocycles.